The summed E-state index contributed by atoms with van der Waals surface area (Å²) in [4.78, 5) is 39.8. The molecular weight excluding hydrogens is 488 g/mol. The highest BCUT2D eigenvalue weighted by molar-refractivity contribution is 5.97. The summed E-state index contributed by atoms with van der Waals surface area (Å²) >= 11 is 0. The zero-order valence-electron chi connectivity index (χ0n) is 23.5. The van der Waals surface area contributed by atoms with Crippen LogP contribution in [0.1, 0.15) is 88.4 Å². The molecule has 2 atom stereocenters. The van der Waals surface area contributed by atoms with Gasteiger partial charge in [0.25, 0.3) is 11.8 Å². The maximum atomic E-state index is 12.7. The van der Waals surface area contributed by atoms with Crippen LogP contribution in [-0.2, 0) is 18.9 Å². The van der Waals surface area contributed by atoms with E-state index in [9.17, 15) is 19.5 Å². The Hall–Kier alpha value is -3.21. The van der Waals surface area contributed by atoms with E-state index in [1.807, 2.05) is 41.8 Å². The molecule has 2 aromatic rings. The number of aliphatic hydroxyl groups is 1. The number of nitrogens with zero attached hydrogens (tertiary/aromatic N) is 6. The highest BCUT2D eigenvalue weighted by Gasteiger charge is 2.32. The summed E-state index contributed by atoms with van der Waals surface area (Å²) in [5, 5.41) is 26.9. The van der Waals surface area contributed by atoms with Gasteiger partial charge < -0.3 is 20.0 Å². The van der Waals surface area contributed by atoms with Crippen LogP contribution in [0.15, 0.2) is 0 Å². The summed E-state index contributed by atoms with van der Waals surface area (Å²) < 4.78 is 3.43. The number of likely N-dealkylation sites (tertiary alicyclic amines) is 2. The third-order valence-electron chi connectivity index (χ3n) is 7.84. The van der Waals surface area contributed by atoms with Gasteiger partial charge in [-0.05, 0) is 66.2 Å². The van der Waals surface area contributed by atoms with Gasteiger partial charge in [-0.2, -0.15) is 10.2 Å². The maximum Gasteiger partial charge on any atom is 0.305 e. The number of aryl methyl sites for hydroxylation is 4. The number of hydrogen-bond donors (Lipinski definition) is 2. The number of piperidine rings is 2. The van der Waals surface area contributed by atoms with E-state index in [2.05, 4.69) is 10.2 Å². The topological polar surface area (TPSA) is 134 Å². The monoisotopic (exact) mass is 530 g/mol. The molecule has 2 fully saturated rings. The summed E-state index contributed by atoms with van der Waals surface area (Å²) in [7, 11) is 3.66. The van der Waals surface area contributed by atoms with E-state index >= 15 is 0 Å². The van der Waals surface area contributed by atoms with E-state index in [4.69, 9.17) is 5.11 Å². The molecule has 0 spiro atoms. The Labute approximate surface area is 224 Å². The first kappa shape index (κ1) is 29.3. The predicted octanol–water partition coefficient (Wildman–Crippen LogP) is 2.53. The number of carboxylic acids is 1. The molecule has 210 valence electrons. The highest BCUT2D eigenvalue weighted by atomic mass is 16.4. The molecule has 11 nitrogen and oxygen atoms in total. The SMILES string of the molecule is Cc1nn(C)c(C)c1C(=O)N1CCCCC1CC(=O)O.Cc1nn(C)c(C)c1C(=O)N1CCCCC1CO. The van der Waals surface area contributed by atoms with Gasteiger partial charge in [0.1, 0.15) is 0 Å². The highest BCUT2D eigenvalue weighted by Crippen LogP contribution is 2.25. The molecule has 2 aliphatic heterocycles. The normalized spacial score (nSPS) is 19.7. The number of carbonyl (C=O) groups is 3. The van der Waals surface area contributed by atoms with Crippen LogP contribution in [0.4, 0.5) is 0 Å². The molecule has 0 bridgehead atoms. The zero-order chi connectivity index (χ0) is 28.1. The minimum atomic E-state index is -0.852. The first-order chi connectivity index (χ1) is 18.0. The van der Waals surface area contributed by atoms with E-state index in [1.54, 1.807) is 19.2 Å². The maximum absolute atomic E-state index is 12.7. The van der Waals surface area contributed by atoms with Crippen molar-refractivity contribution >= 4 is 17.8 Å². The Balaban J connectivity index is 0.000000212. The largest absolute Gasteiger partial charge is 0.481 e. The Morgan fingerprint density at radius 2 is 1.18 bits per heavy atom. The third kappa shape index (κ3) is 6.25. The average molecular weight is 531 g/mol. The molecule has 0 saturated carbocycles. The molecule has 38 heavy (non-hydrogen) atoms. The van der Waals surface area contributed by atoms with Crippen LogP contribution in [0.25, 0.3) is 0 Å². The number of carboxylic acid groups (broad SMARTS) is 1. The number of rotatable bonds is 5. The van der Waals surface area contributed by atoms with E-state index in [0.717, 1.165) is 62.2 Å². The Morgan fingerprint density at radius 3 is 1.55 bits per heavy atom. The number of carbonyl (C=O) groups excluding carboxylic acids is 2. The number of hydrogen-bond acceptors (Lipinski definition) is 6. The van der Waals surface area contributed by atoms with Crippen molar-refractivity contribution in [2.24, 2.45) is 14.1 Å². The van der Waals surface area contributed by atoms with Crippen molar-refractivity contribution in [2.45, 2.75) is 84.7 Å². The van der Waals surface area contributed by atoms with E-state index in [0.29, 0.717) is 23.4 Å². The van der Waals surface area contributed by atoms with Gasteiger partial charge in [-0.15, -0.1) is 0 Å². The van der Waals surface area contributed by atoms with Gasteiger partial charge in [0, 0.05) is 44.6 Å². The predicted molar refractivity (Wildman–Crippen MR) is 142 cm³/mol. The molecule has 2 unspecified atom stereocenters. The molecule has 2 amide bonds. The fourth-order valence-corrected chi connectivity index (χ4v) is 5.59. The van der Waals surface area contributed by atoms with Crippen molar-refractivity contribution in [1.29, 1.82) is 0 Å². The van der Waals surface area contributed by atoms with Crippen LogP contribution in [0.2, 0.25) is 0 Å². The van der Waals surface area contributed by atoms with Gasteiger partial charge in [0.05, 0.1) is 41.6 Å². The summed E-state index contributed by atoms with van der Waals surface area (Å²) in [5.41, 5.74) is 4.49. The second kappa shape index (κ2) is 12.6. The van der Waals surface area contributed by atoms with Gasteiger partial charge in [0.15, 0.2) is 0 Å². The molecule has 2 aliphatic rings. The summed E-state index contributed by atoms with van der Waals surface area (Å²) in [6.45, 7) is 8.86. The summed E-state index contributed by atoms with van der Waals surface area (Å²) in [6.07, 6.45) is 5.68. The number of aromatic nitrogens is 4. The number of aliphatic carboxylic acids is 1. The molecule has 0 aliphatic carbocycles. The van der Waals surface area contributed by atoms with Crippen LogP contribution in [0.5, 0.6) is 0 Å². The lowest BCUT2D eigenvalue weighted by molar-refractivity contribution is -0.138. The first-order valence-corrected chi connectivity index (χ1v) is 13.4. The van der Waals surface area contributed by atoms with Gasteiger partial charge >= 0.3 is 5.97 Å². The lowest BCUT2D eigenvalue weighted by atomic mass is 9.98. The van der Waals surface area contributed by atoms with Gasteiger partial charge in [0.2, 0.25) is 0 Å². The third-order valence-corrected chi connectivity index (χ3v) is 7.84. The Morgan fingerprint density at radius 1 is 0.763 bits per heavy atom. The zero-order valence-corrected chi connectivity index (χ0v) is 23.5. The fourth-order valence-electron chi connectivity index (χ4n) is 5.59. The van der Waals surface area contributed by atoms with Crippen molar-refractivity contribution < 1.29 is 24.6 Å². The fraction of sp³-hybridized carbons (Fsp3) is 0.667. The number of aliphatic hydroxyl groups excluding tert-OH is 1. The second-order valence-electron chi connectivity index (χ2n) is 10.4. The van der Waals surface area contributed by atoms with Crippen LogP contribution >= 0.6 is 0 Å². The smallest absolute Gasteiger partial charge is 0.305 e. The molecule has 11 heteroatoms. The standard InChI is InChI=1S/C14H21N3O3.C13H21N3O2/c1-9-13(10(2)16(3)15-9)14(20)17-7-5-4-6-11(17)8-12(18)19;1-9-12(10(2)15(3)14-9)13(18)16-7-5-4-6-11(16)8-17/h11H,4-8H2,1-3H3,(H,18,19);11,17H,4-8H2,1-3H3. The molecular formula is C27H42N6O5. The summed E-state index contributed by atoms with van der Waals surface area (Å²) in [6, 6.07) is -0.238. The van der Waals surface area contributed by atoms with Crippen LogP contribution < -0.4 is 0 Å². The van der Waals surface area contributed by atoms with Gasteiger partial charge in [-0.25, -0.2) is 0 Å². The van der Waals surface area contributed by atoms with Crippen LogP contribution in [0, 0.1) is 27.7 Å². The molecule has 0 radical (unpaired) electrons. The minimum Gasteiger partial charge on any atom is -0.481 e. The quantitative estimate of drug-likeness (QED) is 0.607. The Kier molecular flexibility index (Phi) is 9.70. The van der Waals surface area contributed by atoms with Crippen LogP contribution in [0.3, 0.4) is 0 Å². The summed E-state index contributed by atoms with van der Waals surface area (Å²) in [5.74, 6) is -0.926. The van der Waals surface area contributed by atoms with Gasteiger partial charge in [-0.3, -0.25) is 23.7 Å². The van der Waals surface area contributed by atoms with Crippen molar-refractivity contribution in [1.82, 2.24) is 29.4 Å². The molecule has 4 heterocycles. The molecule has 2 saturated heterocycles. The minimum absolute atomic E-state index is 0.0110. The van der Waals surface area contributed by atoms with E-state index < -0.39 is 5.97 Å². The number of amides is 2. The lowest BCUT2D eigenvalue weighted by Gasteiger charge is -2.35. The van der Waals surface area contributed by atoms with Gasteiger partial charge in [-0.1, -0.05) is 0 Å². The van der Waals surface area contributed by atoms with Crippen molar-refractivity contribution in [3.63, 3.8) is 0 Å². The molecule has 4 rings (SSSR count). The van der Waals surface area contributed by atoms with Crippen molar-refractivity contribution in [3.8, 4) is 0 Å². The Bertz CT molecular complexity index is 1170. The van der Waals surface area contributed by atoms with E-state index in [1.165, 1.54) is 0 Å². The van der Waals surface area contributed by atoms with Crippen molar-refractivity contribution in [2.75, 3.05) is 19.7 Å². The van der Waals surface area contributed by atoms with E-state index in [-0.39, 0.29) is 36.9 Å². The second-order valence-corrected chi connectivity index (χ2v) is 10.4. The van der Waals surface area contributed by atoms with Crippen LogP contribution in [-0.4, -0.2) is 89.1 Å². The van der Waals surface area contributed by atoms with Crippen molar-refractivity contribution in [3.05, 3.63) is 33.9 Å². The average Bonchev–Trinajstić information content (AvgIpc) is 3.29. The molecule has 2 aromatic heterocycles. The lowest BCUT2D eigenvalue weighted by Crippen LogP contribution is -2.45. The molecule has 0 aromatic carbocycles. The first-order valence-electron chi connectivity index (χ1n) is 13.4. The molecule has 2 N–H and O–H groups in total.